The second kappa shape index (κ2) is 4.66. The third-order valence-corrected chi connectivity index (χ3v) is 3.25. The zero-order chi connectivity index (χ0) is 11.1. The summed E-state index contributed by atoms with van der Waals surface area (Å²) in [6.07, 6.45) is 1.69. The van der Waals surface area contributed by atoms with Gasteiger partial charge in [-0.25, -0.2) is 4.98 Å². The predicted molar refractivity (Wildman–Crippen MR) is 57.0 cm³/mol. The van der Waals surface area contributed by atoms with Crippen LogP contribution in [-0.2, 0) is 0 Å². The number of hydrogen-bond donors (Lipinski definition) is 0. The third-order valence-electron chi connectivity index (χ3n) is 2.20. The van der Waals surface area contributed by atoms with E-state index in [-0.39, 0.29) is 35.3 Å². The summed E-state index contributed by atoms with van der Waals surface area (Å²) in [5, 5.41) is 19.0. The van der Waals surface area contributed by atoms with Gasteiger partial charge in [0.2, 0.25) is 0 Å². The number of aromatic nitrogens is 3. The smallest absolute Gasteiger partial charge is 0.543 e. The van der Waals surface area contributed by atoms with Crippen LogP contribution in [0, 0.1) is 0 Å². The van der Waals surface area contributed by atoms with Crippen molar-refractivity contribution in [3.63, 3.8) is 0 Å². The molecule has 3 aromatic rings. The first kappa shape index (κ1) is 12.4. The number of nitrogens with zero attached hydrogens (tertiary/aromatic N) is 3. The van der Waals surface area contributed by atoms with E-state index >= 15 is 0 Å². The summed E-state index contributed by atoms with van der Waals surface area (Å²) in [5.41, 5.74) is 0.525. The molecule has 0 saturated heterocycles. The molecule has 0 spiro atoms. The van der Waals surface area contributed by atoms with Gasteiger partial charge < -0.3 is 9.90 Å². The van der Waals surface area contributed by atoms with Gasteiger partial charge in [-0.2, -0.15) is 0 Å². The second-order valence-corrected chi connectivity index (χ2v) is 4.22. The molecule has 0 atom stereocenters. The average molecular weight is 253 g/mol. The van der Waals surface area contributed by atoms with Crippen molar-refractivity contribution in [3.8, 4) is 0 Å². The molecule has 3 heterocycles. The Morgan fingerprint density at radius 1 is 1.35 bits per heavy atom. The summed E-state index contributed by atoms with van der Waals surface area (Å²) in [6.45, 7) is 0. The molecular formula is C10H4N3NaO2S. The zero-order valence-corrected chi connectivity index (χ0v) is 11.7. The number of pyridine rings is 1. The van der Waals surface area contributed by atoms with Gasteiger partial charge in [0.1, 0.15) is 16.0 Å². The van der Waals surface area contributed by atoms with Crippen molar-refractivity contribution >= 4 is 37.7 Å². The maximum atomic E-state index is 10.6. The molecule has 0 bridgehead atoms. The molecule has 7 heteroatoms. The average Bonchev–Trinajstić information content (AvgIpc) is 2.66. The minimum Gasteiger partial charge on any atom is -0.543 e. The van der Waals surface area contributed by atoms with Crippen molar-refractivity contribution in [2.75, 3.05) is 0 Å². The Hall–Kier alpha value is -1.08. The fraction of sp³-hybridized carbons (Fsp3) is 0. The number of carbonyl (C=O) groups is 1. The molecule has 78 valence electrons. The number of hydrogen-bond acceptors (Lipinski definition) is 6. The SMILES string of the molecule is O=C([O-])c1cc2sc3ncccc3c2nn1.[Na+]. The van der Waals surface area contributed by atoms with E-state index in [0.717, 1.165) is 14.9 Å². The molecule has 0 saturated carbocycles. The monoisotopic (exact) mass is 253 g/mol. The minimum atomic E-state index is -1.32. The molecule has 0 aromatic carbocycles. The Morgan fingerprint density at radius 2 is 2.18 bits per heavy atom. The van der Waals surface area contributed by atoms with Gasteiger partial charge in [-0.05, 0) is 18.2 Å². The first-order valence-electron chi connectivity index (χ1n) is 4.48. The molecule has 0 aliphatic rings. The number of carboxylic acids is 1. The summed E-state index contributed by atoms with van der Waals surface area (Å²) >= 11 is 1.39. The van der Waals surface area contributed by atoms with Crippen molar-refractivity contribution in [2.24, 2.45) is 0 Å². The van der Waals surface area contributed by atoms with E-state index < -0.39 is 5.97 Å². The Balaban J connectivity index is 0.00000108. The number of fused-ring (bicyclic) bond motifs is 3. The fourth-order valence-corrected chi connectivity index (χ4v) is 2.51. The molecule has 5 nitrogen and oxygen atoms in total. The van der Waals surface area contributed by atoms with Crippen molar-refractivity contribution in [1.82, 2.24) is 15.2 Å². The molecule has 3 rings (SSSR count). The number of carbonyl (C=O) groups excluding carboxylic acids is 1. The van der Waals surface area contributed by atoms with Crippen LogP contribution >= 0.6 is 11.3 Å². The van der Waals surface area contributed by atoms with Crippen LogP contribution in [0.25, 0.3) is 20.4 Å². The van der Waals surface area contributed by atoms with Gasteiger partial charge in [0.15, 0.2) is 0 Å². The Bertz CT molecular complexity index is 713. The maximum Gasteiger partial charge on any atom is 1.00 e. The largest absolute Gasteiger partial charge is 1.00 e. The van der Waals surface area contributed by atoms with Gasteiger partial charge >= 0.3 is 29.6 Å². The Morgan fingerprint density at radius 3 is 2.94 bits per heavy atom. The number of thiophene rings is 1. The van der Waals surface area contributed by atoms with Crippen molar-refractivity contribution < 1.29 is 39.5 Å². The standard InChI is InChI=1S/C10H5N3O2S.Na/c14-10(15)6-4-7-8(13-12-6)5-2-1-3-11-9(5)16-7;/h1-4H,(H,14,15);/q;+1/p-1. The Kier molecular flexibility index (Phi) is 3.39. The molecule has 0 fully saturated rings. The van der Waals surface area contributed by atoms with Gasteiger partial charge in [-0.1, -0.05) is 0 Å². The number of aromatic carboxylic acids is 1. The van der Waals surface area contributed by atoms with Crippen molar-refractivity contribution in [3.05, 3.63) is 30.1 Å². The molecule has 0 amide bonds. The predicted octanol–water partition coefficient (Wildman–Crippen LogP) is -2.39. The van der Waals surface area contributed by atoms with Crippen LogP contribution in [0.1, 0.15) is 10.5 Å². The molecule has 0 radical (unpaired) electrons. The normalized spacial score (nSPS) is 10.4. The molecule has 0 aliphatic heterocycles. The van der Waals surface area contributed by atoms with Gasteiger partial charge in [0.25, 0.3) is 0 Å². The van der Waals surface area contributed by atoms with Gasteiger partial charge in [-0.3, -0.25) is 0 Å². The van der Waals surface area contributed by atoms with Crippen LogP contribution < -0.4 is 34.7 Å². The third kappa shape index (κ3) is 2.04. The molecule has 0 aliphatic carbocycles. The van der Waals surface area contributed by atoms with Crippen LogP contribution in [0.2, 0.25) is 0 Å². The van der Waals surface area contributed by atoms with Crippen LogP contribution in [0.5, 0.6) is 0 Å². The second-order valence-electron chi connectivity index (χ2n) is 3.19. The molecule has 0 N–H and O–H groups in total. The van der Waals surface area contributed by atoms with Crippen LogP contribution in [-0.4, -0.2) is 21.2 Å². The van der Waals surface area contributed by atoms with E-state index in [1.54, 1.807) is 6.20 Å². The molecular weight excluding hydrogens is 249 g/mol. The van der Waals surface area contributed by atoms with E-state index in [1.165, 1.54) is 17.4 Å². The zero-order valence-electron chi connectivity index (χ0n) is 8.88. The molecule has 3 aromatic heterocycles. The van der Waals surface area contributed by atoms with E-state index in [0.29, 0.717) is 5.52 Å². The minimum absolute atomic E-state index is 0. The maximum absolute atomic E-state index is 10.6. The quantitative estimate of drug-likeness (QED) is 0.452. The van der Waals surface area contributed by atoms with E-state index in [4.69, 9.17) is 0 Å². The van der Waals surface area contributed by atoms with Gasteiger partial charge in [0, 0.05) is 11.6 Å². The summed E-state index contributed by atoms with van der Waals surface area (Å²) in [6, 6.07) is 5.15. The number of carboxylic acid groups (broad SMARTS) is 1. The number of rotatable bonds is 1. The van der Waals surface area contributed by atoms with Crippen molar-refractivity contribution in [2.45, 2.75) is 0 Å². The first-order chi connectivity index (χ1) is 7.75. The van der Waals surface area contributed by atoms with Gasteiger partial charge in [-0.15, -0.1) is 21.5 Å². The van der Waals surface area contributed by atoms with Crippen LogP contribution in [0.3, 0.4) is 0 Å². The van der Waals surface area contributed by atoms with E-state index in [9.17, 15) is 9.90 Å². The molecule has 17 heavy (non-hydrogen) atoms. The Labute approximate surface area is 122 Å². The van der Waals surface area contributed by atoms with Gasteiger partial charge in [0.05, 0.1) is 10.7 Å². The first-order valence-corrected chi connectivity index (χ1v) is 5.29. The summed E-state index contributed by atoms with van der Waals surface area (Å²) in [4.78, 5) is 15.6. The fourth-order valence-electron chi connectivity index (χ4n) is 1.50. The van der Waals surface area contributed by atoms with Crippen LogP contribution in [0.4, 0.5) is 0 Å². The topological polar surface area (TPSA) is 78.8 Å². The van der Waals surface area contributed by atoms with Crippen molar-refractivity contribution in [1.29, 1.82) is 0 Å². The summed E-state index contributed by atoms with van der Waals surface area (Å²) in [5.74, 6) is -1.32. The summed E-state index contributed by atoms with van der Waals surface area (Å²) in [7, 11) is 0. The van der Waals surface area contributed by atoms with E-state index in [1.807, 2.05) is 12.1 Å². The molecule has 0 unspecified atom stereocenters. The summed E-state index contributed by atoms with van der Waals surface area (Å²) < 4.78 is 0.753. The van der Waals surface area contributed by atoms with Crippen LogP contribution in [0.15, 0.2) is 24.4 Å². The van der Waals surface area contributed by atoms with E-state index in [2.05, 4.69) is 15.2 Å².